The fraction of sp³-hybridized carbons (Fsp3) is 0.929. The summed E-state index contributed by atoms with van der Waals surface area (Å²) in [7, 11) is 0. The lowest BCUT2D eigenvalue weighted by molar-refractivity contribution is 0.0140. The van der Waals surface area contributed by atoms with Crippen molar-refractivity contribution in [1.82, 2.24) is 9.80 Å². The van der Waals surface area contributed by atoms with Crippen LogP contribution in [0.5, 0.6) is 0 Å². The first-order chi connectivity index (χ1) is 8.32. The summed E-state index contributed by atoms with van der Waals surface area (Å²) in [5.74, 6) is 0.247. The van der Waals surface area contributed by atoms with Crippen molar-refractivity contribution in [3.05, 3.63) is 0 Å². The third kappa shape index (κ3) is 2.79. The van der Waals surface area contributed by atoms with E-state index in [4.69, 9.17) is 11.1 Å². The molecule has 1 spiro atoms. The van der Waals surface area contributed by atoms with Gasteiger partial charge in [0.1, 0.15) is 0 Å². The van der Waals surface area contributed by atoms with E-state index < -0.39 is 0 Å². The molecule has 0 aromatic carbocycles. The van der Waals surface area contributed by atoms with Crippen LogP contribution in [0.1, 0.15) is 46.5 Å². The van der Waals surface area contributed by atoms with Gasteiger partial charge in [0.05, 0.1) is 0 Å². The molecule has 0 saturated carbocycles. The predicted octanol–water partition coefficient (Wildman–Crippen LogP) is 1.86. The molecule has 0 bridgehead atoms. The van der Waals surface area contributed by atoms with Crippen LogP contribution in [-0.2, 0) is 0 Å². The van der Waals surface area contributed by atoms with Gasteiger partial charge < -0.3 is 10.6 Å². The van der Waals surface area contributed by atoms with Crippen LogP contribution >= 0.6 is 0 Å². The fourth-order valence-corrected chi connectivity index (χ4v) is 3.37. The van der Waals surface area contributed by atoms with Crippen molar-refractivity contribution in [3.63, 3.8) is 0 Å². The van der Waals surface area contributed by atoms with Gasteiger partial charge in [-0.15, -0.1) is 0 Å². The standard InChI is InChI=1S/C14H28N4/c1-13(2,3)18-10-6-14(7-11-18)4-8-17(9-5-14)12(15)16/h4-11H2,1-3H3,(H3,15,16). The number of piperidine rings is 2. The van der Waals surface area contributed by atoms with Crippen molar-refractivity contribution in [3.8, 4) is 0 Å². The van der Waals surface area contributed by atoms with E-state index in [0.29, 0.717) is 11.0 Å². The number of likely N-dealkylation sites (tertiary alicyclic amines) is 2. The molecule has 0 radical (unpaired) electrons. The van der Waals surface area contributed by atoms with Crippen LogP contribution in [0.2, 0.25) is 0 Å². The van der Waals surface area contributed by atoms with Crippen LogP contribution in [0.3, 0.4) is 0 Å². The van der Waals surface area contributed by atoms with E-state index in [2.05, 4.69) is 25.7 Å². The smallest absolute Gasteiger partial charge is 0.188 e. The minimum absolute atomic E-state index is 0.247. The Hall–Kier alpha value is -0.770. The maximum atomic E-state index is 7.50. The Labute approximate surface area is 111 Å². The SMILES string of the molecule is CC(C)(C)N1CCC2(CCN(C(=N)N)CC2)CC1. The Bertz CT molecular complexity index is 300. The van der Waals surface area contributed by atoms with Gasteiger partial charge in [-0.3, -0.25) is 10.3 Å². The summed E-state index contributed by atoms with van der Waals surface area (Å²) >= 11 is 0. The number of guanidine groups is 1. The highest BCUT2D eigenvalue weighted by Crippen LogP contribution is 2.42. The van der Waals surface area contributed by atoms with Gasteiger partial charge in [-0.1, -0.05) is 0 Å². The molecule has 0 unspecified atom stereocenters. The van der Waals surface area contributed by atoms with Crippen molar-refractivity contribution in [2.24, 2.45) is 11.1 Å². The second-order valence-corrected chi connectivity index (χ2v) is 7.03. The minimum Gasteiger partial charge on any atom is -0.370 e. The van der Waals surface area contributed by atoms with Gasteiger partial charge in [-0.25, -0.2) is 0 Å². The molecule has 4 nitrogen and oxygen atoms in total. The highest BCUT2D eigenvalue weighted by molar-refractivity contribution is 5.74. The number of hydrogen-bond donors (Lipinski definition) is 2. The molecule has 4 heteroatoms. The van der Waals surface area contributed by atoms with Crippen molar-refractivity contribution in [2.45, 2.75) is 52.0 Å². The fourth-order valence-electron chi connectivity index (χ4n) is 3.37. The van der Waals surface area contributed by atoms with Gasteiger partial charge in [-0.2, -0.15) is 0 Å². The highest BCUT2D eigenvalue weighted by Gasteiger charge is 2.39. The lowest BCUT2D eigenvalue weighted by Gasteiger charge is -2.50. The summed E-state index contributed by atoms with van der Waals surface area (Å²) < 4.78 is 0. The van der Waals surface area contributed by atoms with Crippen LogP contribution in [0.15, 0.2) is 0 Å². The molecule has 2 aliphatic rings. The third-order valence-electron chi connectivity index (χ3n) is 4.94. The summed E-state index contributed by atoms with van der Waals surface area (Å²) in [5.41, 5.74) is 6.41. The molecule has 0 aliphatic carbocycles. The van der Waals surface area contributed by atoms with Crippen molar-refractivity contribution in [2.75, 3.05) is 26.2 Å². The molecule has 0 atom stereocenters. The summed E-state index contributed by atoms with van der Waals surface area (Å²) in [6.45, 7) is 11.3. The molecule has 2 aliphatic heterocycles. The van der Waals surface area contributed by atoms with E-state index in [1.54, 1.807) is 0 Å². The monoisotopic (exact) mass is 252 g/mol. The lowest BCUT2D eigenvalue weighted by atomic mass is 9.70. The first-order valence-corrected chi connectivity index (χ1v) is 7.17. The average molecular weight is 252 g/mol. The van der Waals surface area contributed by atoms with E-state index in [1.165, 1.54) is 38.8 Å². The Morgan fingerprint density at radius 3 is 1.83 bits per heavy atom. The molecule has 2 fully saturated rings. The Kier molecular flexibility index (Phi) is 3.58. The molecule has 2 rings (SSSR count). The minimum atomic E-state index is 0.247. The van der Waals surface area contributed by atoms with Crippen molar-refractivity contribution < 1.29 is 0 Å². The topological polar surface area (TPSA) is 56.4 Å². The van der Waals surface area contributed by atoms with E-state index >= 15 is 0 Å². The first-order valence-electron chi connectivity index (χ1n) is 7.17. The van der Waals surface area contributed by atoms with Gasteiger partial charge >= 0.3 is 0 Å². The summed E-state index contributed by atoms with van der Waals surface area (Å²) in [6, 6.07) is 0. The maximum absolute atomic E-state index is 7.50. The summed E-state index contributed by atoms with van der Waals surface area (Å²) in [5, 5.41) is 7.50. The van der Waals surface area contributed by atoms with Crippen molar-refractivity contribution >= 4 is 5.96 Å². The molecule has 0 aromatic heterocycles. The average Bonchev–Trinajstić information content (AvgIpc) is 2.29. The quantitative estimate of drug-likeness (QED) is 0.511. The Morgan fingerprint density at radius 2 is 1.44 bits per heavy atom. The zero-order chi connectivity index (χ0) is 13.4. The van der Waals surface area contributed by atoms with Crippen LogP contribution in [0.4, 0.5) is 0 Å². The van der Waals surface area contributed by atoms with Crippen LogP contribution < -0.4 is 5.73 Å². The Morgan fingerprint density at radius 1 is 1.00 bits per heavy atom. The van der Waals surface area contributed by atoms with Gasteiger partial charge in [0, 0.05) is 18.6 Å². The van der Waals surface area contributed by atoms with Crippen molar-refractivity contribution in [1.29, 1.82) is 5.41 Å². The molecule has 3 N–H and O–H groups in total. The predicted molar refractivity (Wildman–Crippen MR) is 75.7 cm³/mol. The molecular weight excluding hydrogens is 224 g/mol. The van der Waals surface area contributed by atoms with Gasteiger partial charge in [0.2, 0.25) is 0 Å². The van der Waals surface area contributed by atoms with E-state index in [-0.39, 0.29) is 5.96 Å². The normalized spacial score (nSPS) is 25.4. The molecule has 0 amide bonds. The molecule has 0 aromatic rings. The highest BCUT2D eigenvalue weighted by atomic mass is 15.2. The summed E-state index contributed by atoms with van der Waals surface area (Å²) in [6.07, 6.45) is 5.06. The maximum Gasteiger partial charge on any atom is 0.188 e. The molecule has 104 valence electrons. The molecule has 2 saturated heterocycles. The van der Waals surface area contributed by atoms with Crippen LogP contribution in [-0.4, -0.2) is 47.5 Å². The van der Waals surface area contributed by atoms with Gasteiger partial charge in [-0.05, 0) is 65.0 Å². The van der Waals surface area contributed by atoms with Gasteiger partial charge in [0.15, 0.2) is 5.96 Å². The second-order valence-electron chi connectivity index (χ2n) is 7.03. The van der Waals surface area contributed by atoms with E-state index in [0.717, 1.165) is 13.1 Å². The van der Waals surface area contributed by atoms with E-state index in [9.17, 15) is 0 Å². The number of nitrogens with two attached hydrogens (primary N) is 1. The van der Waals surface area contributed by atoms with Crippen LogP contribution in [0, 0.1) is 10.8 Å². The first kappa shape index (κ1) is 13.7. The van der Waals surface area contributed by atoms with Crippen LogP contribution in [0.25, 0.3) is 0 Å². The molecular formula is C14H28N4. The number of rotatable bonds is 0. The number of nitrogens with one attached hydrogen (secondary N) is 1. The molecule has 18 heavy (non-hydrogen) atoms. The lowest BCUT2D eigenvalue weighted by Crippen LogP contribution is -2.53. The second kappa shape index (κ2) is 4.72. The largest absolute Gasteiger partial charge is 0.370 e. The number of hydrogen-bond acceptors (Lipinski definition) is 2. The molecule has 2 heterocycles. The zero-order valence-electron chi connectivity index (χ0n) is 12.1. The van der Waals surface area contributed by atoms with Gasteiger partial charge in [0.25, 0.3) is 0 Å². The van der Waals surface area contributed by atoms with E-state index in [1.807, 2.05) is 4.90 Å². The zero-order valence-corrected chi connectivity index (χ0v) is 12.1. The summed E-state index contributed by atoms with van der Waals surface area (Å²) in [4.78, 5) is 4.62. The third-order valence-corrected chi connectivity index (χ3v) is 4.94. The Balaban J connectivity index is 1.88. The number of nitrogens with zero attached hydrogens (tertiary/aromatic N) is 2.